The Bertz CT molecular complexity index is 487. The zero-order chi connectivity index (χ0) is 11.0. The van der Waals surface area contributed by atoms with Crippen molar-refractivity contribution >= 4 is 0 Å². The normalized spacial score (nSPS) is 19.4. The second-order valence-electron chi connectivity index (χ2n) is 4.07. The van der Waals surface area contributed by atoms with Crippen LogP contribution < -0.4 is 5.32 Å². The van der Waals surface area contributed by atoms with E-state index < -0.39 is 0 Å². The summed E-state index contributed by atoms with van der Waals surface area (Å²) >= 11 is 0. The second kappa shape index (κ2) is 3.76. The molecule has 1 N–H and O–H groups in total. The molecule has 2 heterocycles. The van der Waals surface area contributed by atoms with Crippen LogP contribution in [0.4, 0.5) is 4.39 Å². The predicted octanol–water partition coefficient (Wildman–Crippen LogP) is 2.32. The minimum atomic E-state index is -0.185. The molecule has 0 fully saturated rings. The van der Waals surface area contributed by atoms with E-state index in [0.29, 0.717) is 0 Å². The van der Waals surface area contributed by atoms with Crippen LogP contribution in [0.3, 0.4) is 0 Å². The van der Waals surface area contributed by atoms with Crippen LogP contribution in [0.1, 0.15) is 17.3 Å². The third-order valence-electron chi connectivity index (χ3n) is 3.06. The lowest BCUT2D eigenvalue weighted by atomic mass is 10.0. The number of hydrogen-bond acceptors (Lipinski definition) is 1. The summed E-state index contributed by atoms with van der Waals surface area (Å²) in [5.74, 6) is -0.185. The fraction of sp³-hybridized carbons (Fsp3) is 0.231. The molecule has 2 nitrogen and oxygen atoms in total. The lowest BCUT2D eigenvalue weighted by Gasteiger charge is -2.26. The number of hydrogen-bond donors (Lipinski definition) is 1. The van der Waals surface area contributed by atoms with Crippen LogP contribution in [-0.4, -0.2) is 11.1 Å². The quantitative estimate of drug-likeness (QED) is 0.774. The summed E-state index contributed by atoms with van der Waals surface area (Å²) in [6.45, 7) is 1.95. The van der Waals surface area contributed by atoms with Gasteiger partial charge in [0.25, 0.3) is 0 Å². The Kier molecular flexibility index (Phi) is 2.26. The Balaban J connectivity index is 2.00. The molecule has 1 aliphatic rings. The van der Waals surface area contributed by atoms with Crippen molar-refractivity contribution < 1.29 is 4.39 Å². The van der Waals surface area contributed by atoms with Gasteiger partial charge in [0.15, 0.2) is 0 Å². The molecule has 3 heteroatoms. The monoisotopic (exact) mass is 216 g/mol. The summed E-state index contributed by atoms with van der Waals surface area (Å²) in [6.07, 6.45) is 2.09. The van der Waals surface area contributed by atoms with Crippen LogP contribution in [0.2, 0.25) is 0 Å². The van der Waals surface area contributed by atoms with Crippen molar-refractivity contribution in [3.8, 4) is 0 Å². The second-order valence-corrected chi connectivity index (χ2v) is 4.07. The molecule has 2 aromatic rings. The third-order valence-corrected chi connectivity index (χ3v) is 3.06. The van der Waals surface area contributed by atoms with Crippen molar-refractivity contribution in [3.63, 3.8) is 0 Å². The van der Waals surface area contributed by atoms with E-state index >= 15 is 0 Å². The van der Waals surface area contributed by atoms with Gasteiger partial charge < -0.3 is 9.88 Å². The molecule has 16 heavy (non-hydrogen) atoms. The van der Waals surface area contributed by atoms with Gasteiger partial charge in [-0.3, -0.25) is 0 Å². The molecular formula is C13H13FN2. The van der Waals surface area contributed by atoms with Gasteiger partial charge in [-0.15, -0.1) is 0 Å². The van der Waals surface area contributed by atoms with E-state index in [4.69, 9.17) is 0 Å². The molecule has 1 aromatic carbocycles. The molecule has 3 rings (SSSR count). The average Bonchev–Trinajstić information content (AvgIpc) is 2.78. The number of benzene rings is 1. The van der Waals surface area contributed by atoms with Gasteiger partial charge >= 0.3 is 0 Å². The van der Waals surface area contributed by atoms with Gasteiger partial charge in [-0.1, -0.05) is 12.1 Å². The molecule has 1 atom stereocenters. The van der Waals surface area contributed by atoms with Gasteiger partial charge in [0, 0.05) is 25.0 Å². The van der Waals surface area contributed by atoms with Gasteiger partial charge in [0.2, 0.25) is 0 Å². The zero-order valence-electron chi connectivity index (χ0n) is 8.86. The molecular weight excluding hydrogens is 203 g/mol. The van der Waals surface area contributed by atoms with Crippen LogP contribution in [-0.2, 0) is 6.54 Å². The van der Waals surface area contributed by atoms with Crippen molar-refractivity contribution in [2.45, 2.75) is 12.6 Å². The first-order chi connectivity index (χ1) is 7.84. The van der Waals surface area contributed by atoms with Crippen LogP contribution in [0, 0.1) is 5.82 Å². The molecule has 0 unspecified atom stereocenters. The van der Waals surface area contributed by atoms with E-state index in [2.05, 4.69) is 28.2 Å². The van der Waals surface area contributed by atoms with Gasteiger partial charge in [0.05, 0.1) is 6.04 Å². The average molecular weight is 216 g/mol. The smallest absolute Gasteiger partial charge is 0.123 e. The molecule has 0 amide bonds. The highest BCUT2D eigenvalue weighted by atomic mass is 19.1. The first kappa shape index (κ1) is 9.60. The van der Waals surface area contributed by atoms with Crippen molar-refractivity contribution in [1.29, 1.82) is 0 Å². The van der Waals surface area contributed by atoms with Crippen LogP contribution in [0.5, 0.6) is 0 Å². The van der Waals surface area contributed by atoms with E-state index in [9.17, 15) is 4.39 Å². The van der Waals surface area contributed by atoms with Crippen LogP contribution >= 0.6 is 0 Å². The Morgan fingerprint density at radius 2 is 2.00 bits per heavy atom. The van der Waals surface area contributed by atoms with E-state index in [1.807, 2.05) is 12.1 Å². The standard InChI is InChI=1S/C13H13FN2/c14-11-5-3-10(4-6-11)13-12-2-1-8-16(12)9-7-15-13/h1-6,8,13,15H,7,9H2/t13-/m1/s1. The SMILES string of the molecule is Fc1ccc([C@H]2NCCn3cccc32)cc1. The number of rotatable bonds is 1. The number of nitrogens with zero attached hydrogens (tertiary/aromatic N) is 1. The highest BCUT2D eigenvalue weighted by molar-refractivity contribution is 5.30. The minimum Gasteiger partial charge on any atom is -0.348 e. The molecule has 0 spiro atoms. The summed E-state index contributed by atoms with van der Waals surface area (Å²) in [6, 6.07) is 11.1. The van der Waals surface area contributed by atoms with Gasteiger partial charge in [-0.25, -0.2) is 4.39 Å². The zero-order valence-corrected chi connectivity index (χ0v) is 8.86. The molecule has 0 bridgehead atoms. The fourth-order valence-corrected chi connectivity index (χ4v) is 2.27. The highest BCUT2D eigenvalue weighted by Crippen LogP contribution is 2.25. The number of aromatic nitrogens is 1. The Hall–Kier alpha value is -1.61. The lowest BCUT2D eigenvalue weighted by molar-refractivity contribution is 0.467. The molecule has 0 aliphatic carbocycles. The van der Waals surface area contributed by atoms with E-state index in [-0.39, 0.29) is 11.9 Å². The van der Waals surface area contributed by atoms with Crippen LogP contribution in [0.15, 0.2) is 42.6 Å². The van der Waals surface area contributed by atoms with E-state index in [1.165, 1.54) is 17.8 Å². The summed E-state index contributed by atoms with van der Waals surface area (Å²) in [7, 11) is 0. The maximum atomic E-state index is 12.9. The van der Waals surface area contributed by atoms with Crippen molar-refractivity contribution in [1.82, 2.24) is 9.88 Å². The third kappa shape index (κ3) is 1.53. The van der Waals surface area contributed by atoms with Gasteiger partial charge in [-0.2, -0.15) is 0 Å². The summed E-state index contributed by atoms with van der Waals surface area (Å²) in [5, 5.41) is 3.45. The van der Waals surface area contributed by atoms with Crippen molar-refractivity contribution in [2.75, 3.05) is 6.54 Å². The Morgan fingerprint density at radius 3 is 2.81 bits per heavy atom. The summed E-state index contributed by atoms with van der Waals surface area (Å²) in [4.78, 5) is 0. The summed E-state index contributed by atoms with van der Waals surface area (Å²) in [5.41, 5.74) is 2.36. The number of halogens is 1. The molecule has 0 saturated heterocycles. The summed E-state index contributed by atoms with van der Waals surface area (Å²) < 4.78 is 15.1. The van der Waals surface area contributed by atoms with Gasteiger partial charge in [-0.05, 0) is 29.8 Å². The van der Waals surface area contributed by atoms with Gasteiger partial charge in [0.1, 0.15) is 5.82 Å². The van der Waals surface area contributed by atoms with E-state index in [1.54, 1.807) is 0 Å². The molecule has 82 valence electrons. The molecule has 1 aliphatic heterocycles. The number of fused-ring (bicyclic) bond motifs is 1. The topological polar surface area (TPSA) is 17.0 Å². The molecule has 0 saturated carbocycles. The predicted molar refractivity (Wildman–Crippen MR) is 60.7 cm³/mol. The highest BCUT2D eigenvalue weighted by Gasteiger charge is 2.20. The molecule has 1 aromatic heterocycles. The first-order valence-electron chi connectivity index (χ1n) is 5.48. The minimum absolute atomic E-state index is 0.185. The van der Waals surface area contributed by atoms with Crippen molar-refractivity contribution in [2.24, 2.45) is 0 Å². The molecule has 0 radical (unpaired) electrons. The number of nitrogens with one attached hydrogen (secondary N) is 1. The Morgan fingerprint density at radius 1 is 1.19 bits per heavy atom. The van der Waals surface area contributed by atoms with Crippen LogP contribution in [0.25, 0.3) is 0 Å². The maximum absolute atomic E-state index is 12.9. The maximum Gasteiger partial charge on any atom is 0.123 e. The first-order valence-corrected chi connectivity index (χ1v) is 5.48. The lowest BCUT2D eigenvalue weighted by Crippen LogP contribution is -2.33. The van der Waals surface area contributed by atoms with E-state index in [0.717, 1.165) is 18.7 Å². The largest absolute Gasteiger partial charge is 0.348 e. The Labute approximate surface area is 93.7 Å². The van der Waals surface area contributed by atoms with Crippen molar-refractivity contribution in [3.05, 3.63) is 59.7 Å². The fourth-order valence-electron chi connectivity index (χ4n) is 2.27.